The first-order chi connectivity index (χ1) is 5.59. The van der Waals surface area contributed by atoms with Crippen LogP contribution in [0.15, 0.2) is 0 Å². The van der Waals surface area contributed by atoms with E-state index in [1.807, 2.05) is 19.0 Å². The van der Waals surface area contributed by atoms with E-state index in [1.54, 1.807) is 0 Å². The standard InChI is InChI=1S/C8H16N2O2/c1-9(2)7-3-4-10(5-7)6-8(11)12/h7H,3-6H2,1-2H3,(H,11,12). The van der Waals surface area contributed by atoms with Crippen LogP contribution in [0.1, 0.15) is 6.42 Å². The molecule has 1 aliphatic heterocycles. The van der Waals surface area contributed by atoms with Gasteiger partial charge in [-0.25, -0.2) is 0 Å². The lowest BCUT2D eigenvalue weighted by Gasteiger charge is -2.19. The van der Waals surface area contributed by atoms with E-state index in [2.05, 4.69) is 4.90 Å². The first kappa shape index (κ1) is 9.48. The molecule has 70 valence electrons. The van der Waals surface area contributed by atoms with E-state index >= 15 is 0 Å². The van der Waals surface area contributed by atoms with Crippen molar-refractivity contribution in [2.45, 2.75) is 12.5 Å². The van der Waals surface area contributed by atoms with Crippen molar-refractivity contribution in [2.75, 3.05) is 33.7 Å². The maximum atomic E-state index is 10.4. The summed E-state index contributed by atoms with van der Waals surface area (Å²) in [7, 11) is 4.07. The SMILES string of the molecule is CN(C)C1CCN(CC(=O)O)C1. The van der Waals surface area contributed by atoms with Gasteiger partial charge in [-0.1, -0.05) is 0 Å². The molecule has 1 rings (SSSR count). The molecule has 1 heterocycles. The van der Waals surface area contributed by atoms with Gasteiger partial charge in [0.2, 0.25) is 0 Å². The first-order valence-corrected chi connectivity index (χ1v) is 4.20. The van der Waals surface area contributed by atoms with E-state index in [9.17, 15) is 4.79 Å². The second-order valence-corrected chi connectivity index (χ2v) is 3.53. The molecular formula is C8H16N2O2. The highest BCUT2D eigenvalue weighted by molar-refractivity contribution is 5.69. The van der Waals surface area contributed by atoms with Crippen molar-refractivity contribution in [3.8, 4) is 0 Å². The van der Waals surface area contributed by atoms with Gasteiger partial charge in [-0.05, 0) is 20.5 Å². The minimum atomic E-state index is -0.727. The van der Waals surface area contributed by atoms with Gasteiger partial charge in [-0.3, -0.25) is 9.69 Å². The molecule has 0 aromatic rings. The van der Waals surface area contributed by atoms with Crippen LogP contribution in [0.3, 0.4) is 0 Å². The van der Waals surface area contributed by atoms with Crippen molar-refractivity contribution >= 4 is 5.97 Å². The molecule has 1 atom stereocenters. The number of likely N-dealkylation sites (tertiary alicyclic amines) is 1. The largest absolute Gasteiger partial charge is 0.480 e. The first-order valence-electron chi connectivity index (χ1n) is 4.20. The van der Waals surface area contributed by atoms with E-state index in [0.29, 0.717) is 6.04 Å². The second kappa shape index (κ2) is 3.87. The van der Waals surface area contributed by atoms with E-state index in [0.717, 1.165) is 19.5 Å². The lowest BCUT2D eigenvalue weighted by Crippen LogP contribution is -2.33. The number of carboxylic acid groups (broad SMARTS) is 1. The monoisotopic (exact) mass is 172 g/mol. The Morgan fingerprint density at radius 3 is 2.75 bits per heavy atom. The summed E-state index contributed by atoms with van der Waals surface area (Å²) >= 11 is 0. The van der Waals surface area contributed by atoms with Crippen molar-refractivity contribution in [1.82, 2.24) is 9.80 Å². The minimum Gasteiger partial charge on any atom is -0.480 e. The van der Waals surface area contributed by atoms with Crippen LogP contribution in [-0.2, 0) is 4.79 Å². The molecular weight excluding hydrogens is 156 g/mol. The summed E-state index contributed by atoms with van der Waals surface area (Å²) in [6.45, 7) is 1.98. The van der Waals surface area contributed by atoms with Gasteiger partial charge < -0.3 is 10.0 Å². The van der Waals surface area contributed by atoms with E-state index in [4.69, 9.17) is 5.11 Å². The highest BCUT2D eigenvalue weighted by Crippen LogP contribution is 2.11. The number of hydrogen-bond acceptors (Lipinski definition) is 3. The summed E-state index contributed by atoms with van der Waals surface area (Å²) < 4.78 is 0. The number of likely N-dealkylation sites (N-methyl/N-ethyl adjacent to an activating group) is 1. The number of aliphatic carboxylic acids is 1. The molecule has 0 aliphatic carbocycles. The van der Waals surface area contributed by atoms with Gasteiger partial charge in [0.1, 0.15) is 0 Å². The fraction of sp³-hybridized carbons (Fsp3) is 0.875. The van der Waals surface area contributed by atoms with Gasteiger partial charge in [-0.2, -0.15) is 0 Å². The Morgan fingerprint density at radius 1 is 1.67 bits per heavy atom. The summed E-state index contributed by atoms with van der Waals surface area (Å²) in [6.07, 6.45) is 1.08. The summed E-state index contributed by atoms with van der Waals surface area (Å²) in [4.78, 5) is 14.5. The van der Waals surface area contributed by atoms with Crippen LogP contribution in [0.5, 0.6) is 0 Å². The van der Waals surface area contributed by atoms with Gasteiger partial charge >= 0.3 is 5.97 Å². The van der Waals surface area contributed by atoms with E-state index in [1.165, 1.54) is 0 Å². The molecule has 0 spiro atoms. The maximum absolute atomic E-state index is 10.4. The quantitative estimate of drug-likeness (QED) is 0.635. The molecule has 12 heavy (non-hydrogen) atoms. The zero-order valence-corrected chi connectivity index (χ0v) is 7.66. The Kier molecular flexibility index (Phi) is 3.05. The topological polar surface area (TPSA) is 43.8 Å². The second-order valence-electron chi connectivity index (χ2n) is 3.53. The fourth-order valence-electron chi connectivity index (χ4n) is 1.57. The highest BCUT2D eigenvalue weighted by atomic mass is 16.4. The van der Waals surface area contributed by atoms with E-state index < -0.39 is 5.97 Å². The molecule has 4 nitrogen and oxygen atoms in total. The van der Waals surface area contributed by atoms with Crippen molar-refractivity contribution in [3.63, 3.8) is 0 Å². The van der Waals surface area contributed by atoms with Crippen molar-refractivity contribution in [1.29, 1.82) is 0 Å². The smallest absolute Gasteiger partial charge is 0.317 e. The summed E-state index contributed by atoms with van der Waals surface area (Å²) in [6, 6.07) is 0.532. The molecule has 1 N–H and O–H groups in total. The zero-order chi connectivity index (χ0) is 9.14. The maximum Gasteiger partial charge on any atom is 0.317 e. The predicted octanol–water partition coefficient (Wildman–Crippen LogP) is -0.293. The molecule has 0 aromatic heterocycles. The Balaban J connectivity index is 2.30. The number of nitrogens with zero attached hydrogens (tertiary/aromatic N) is 2. The number of carbonyl (C=O) groups is 1. The summed E-state index contributed by atoms with van der Waals surface area (Å²) in [5.41, 5.74) is 0. The van der Waals surface area contributed by atoms with Gasteiger partial charge in [0, 0.05) is 19.1 Å². The van der Waals surface area contributed by atoms with Gasteiger partial charge in [0.15, 0.2) is 0 Å². The van der Waals surface area contributed by atoms with Crippen LogP contribution in [0.25, 0.3) is 0 Å². The Hall–Kier alpha value is -0.610. The molecule has 1 saturated heterocycles. The minimum absolute atomic E-state index is 0.185. The molecule has 0 amide bonds. The van der Waals surface area contributed by atoms with Crippen LogP contribution in [0.4, 0.5) is 0 Å². The molecule has 0 radical (unpaired) electrons. The Bertz CT molecular complexity index is 170. The van der Waals surface area contributed by atoms with Crippen molar-refractivity contribution < 1.29 is 9.90 Å². The third kappa shape index (κ3) is 2.46. The number of hydrogen-bond donors (Lipinski definition) is 1. The van der Waals surface area contributed by atoms with Crippen molar-refractivity contribution in [2.24, 2.45) is 0 Å². The average molecular weight is 172 g/mol. The molecule has 0 aromatic carbocycles. The fourth-order valence-corrected chi connectivity index (χ4v) is 1.57. The zero-order valence-electron chi connectivity index (χ0n) is 7.66. The summed E-state index contributed by atoms with van der Waals surface area (Å²) in [5, 5.41) is 8.54. The normalized spacial score (nSPS) is 25.1. The van der Waals surface area contributed by atoms with Crippen LogP contribution in [0, 0.1) is 0 Å². The van der Waals surface area contributed by atoms with Crippen molar-refractivity contribution in [3.05, 3.63) is 0 Å². The number of carboxylic acids is 1. The average Bonchev–Trinajstić information content (AvgIpc) is 2.34. The Morgan fingerprint density at radius 2 is 2.33 bits per heavy atom. The highest BCUT2D eigenvalue weighted by Gasteiger charge is 2.24. The van der Waals surface area contributed by atoms with Crippen LogP contribution < -0.4 is 0 Å². The molecule has 0 saturated carbocycles. The summed E-state index contributed by atoms with van der Waals surface area (Å²) in [5.74, 6) is -0.727. The third-order valence-corrected chi connectivity index (χ3v) is 2.34. The van der Waals surface area contributed by atoms with Gasteiger partial charge in [-0.15, -0.1) is 0 Å². The molecule has 4 heteroatoms. The van der Waals surface area contributed by atoms with Crippen LogP contribution in [-0.4, -0.2) is 60.6 Å². The molecule has 1 unspecified atom stereocenters. The molecule has 0 bridgehead atoms. The van der Waals surface area contributed by atoms with Crippen LogP contribution in [0.2, 0.25) is 0 Å². The van der Waals surface area contributed by atoms with Gasteiger partial charge in [0.25, 0.3) is 0 Å². The van der Waals surface area contributed by atoms with E-state index in [-0.39, 0.29) is 6.54 Å². The lowest BCUT2D eigenvalue weighted by molar-refractivity contribution is -0.138. The number of rotatable bonds is 3. The molecule has 1 aliphatic rings. The van der Waals surface area contributed by atoms with Crippen LogP contribution >= 0.6 is 0 Å². The van der Waals surface area contributed by atoms with Gasteiger partial charge in [0.05, 0.1) is 6.54 Å². The third-order valence-electron chi connectivity index (χ3n) is 2.34. The molecule has 1 fully saturated rings. The Labute approximate surface area is 72.8 Å². The lowest BCUT2D eigenvalue weighted by atomic mass is 10.2. The predicted molar refractivity (Wildman–Crippen MR) is 46.2 cm³/mol.